The maximum Gasteiger partial charge on any atom is 0.386 e. The molecule has 0 spiro atoms. The van der Waals surface area contributed by atoms with Crippen molar-refractivity contribution in [3.05, 3.63) is 0 Å². The quantitative estimate of drug-likeness (QED) is 0.239. The van der Waals surface area contributed by atoms with E-state index in [0.29, 0.717) is 6.42 Å². The predicted molar refractivity (Wildman–Crippen MR) is 67.8 cm³/mol. The summed E-state index contributed by atoms with van der Waals surface area (Å²) < 4.78 is 5.83. The van der Waals surface area contributed by atoms with Crippen LogP contribution in [0.15, 0.2) is 0 Å². The third kappa shape index (κ3) is 3.67. The lowest BCUT2D eigenvalue weighted by Crippen LogP contribution is -2.50. The molecule has 1 fully saturated rings. The molecule has 4 nitrogen and oxygen atoms in total. The maximum atomic E-state index is 11.3. The lowest BCUT2D eigenvalue weighted by Gasteiger charge is -2.34. The van der Waals surface area contributed by atoms with Crippen molar-refractivity contribution in [1.82, 2.24) is 4.90 Å². The van der Waals surface area contributed by atoms with E-state index in [1.807, 2.05) is 0 Å². The van der Waals surface area contributed by atoms with Gasteiger partial charge in [0.25, 0.3) is 0 Å². The first kappa shape index (κ1) is 13.3. The molecule has 1 aliphatic heterocycles. The van der Waals surface area contributed by atoms with E-state index in [4.69, 9.17) is 4.74 Å². The molecule has 0 N–H and O–H groups in total. The van der Waals surface area contributed by atoms with Crippen LogP contribution in [-0.4, -0.2) is 32.8 Å². The topological polar surface area (TPSA) is 46.6 Å². The lowest BCUT2D eigenvalue weighted by atomic mass is 10.1. The van der Waals surface area contributed by atoms with Gasteiger partial charge in [-0.1, -0.05) is 22.6 Å². The van der Waals surface area contributed by atoms with Crippen LogP contribution in [0.25, 0.3) is 0 Å². The first-order chi connectivity index (χ1) is 7.33. The van der Waals surface area contributed by atoms with Crippen LogP contribution in [-0.2, 0) is 14.3 Å². The molecule has 1 heterocycles. The van der Waals surface area contributed by atoms with E-state index in [-0.39, 0.29) is 11.9 Å². The molecular weight excluding hydrogens is 321 g/mol. The number of rotatable bonds is 1. The highest BCUT2D eigenvalue weighted by molar-refractivity contribution is 14.1. The predicted octanol–water partition coefficient (Wildman–Crippen LogP) is 1.32. The minimum Gasteiger partial charge on any atom is -0.450 e. The summed E-state index contributed by atoms with van der Waals surface area (Å²) in [6.07, 6.45) is 0.520. The van der Waals surface area contributed by atoms with Gasteiger partial charge in [-0.05, 0) is 20.8 Å². The van der Waals surface area contributed by atoms with Gasteiger partial charge in [0.1, 0.15) is 5.60 Å². The number of likely N-dealkylation sites (tertiary alicyclic amines) is 1. The van der Waals surface area contributed by atoms with E-state index in [1.54, 1.807) is 20.8 Å². The molecule has 1 unspecified atom stereocenters. The molecule has 1 aliphatic rings. The van der Waals surface area contributed by atoms with Gasteiger partial charge in [0.05, 0.1) is 12.5 Å². The van der Waals surface area contributed by atoms with Crippen molar-refractivity contribution in [2.45, 2.75) is 38.8 Å². The first-order valence-corrected chi connectivity index (χ1v) is 6.48. The second kappa shape index (κ2) is 5.04. The number of esters is 1. The Morgan fingerprint density at radius 3 is 2.69 bits per heavy atom. The standard InChI is InChI=1S/C11H14INO3/c1-11(2,3)16-10(15)4-5-13-8(7-12)6-9(13)14/h8H,6-7H2,1-3H3. The fraction of sp³-hybridized carbons (Fsp3) is 0.636. The second-order valence-corrected chi connectivity index (χ2v) is 5.40. The van der Waals surface area contributed by atoms with Gasteiger partial charge in [0.2, 0.25) is 5.91 Å². The fourth-order valence-electron chi connectivity index (χ4n) is 1.17. The minimum absolute atomic E-state index is 0.0299. The summed E-state index contributed by atoms with van der Waals surface area (Å²) in [5.74, 6) is 1.70. The van der Waals surface area contributed by atoms with E-state index < -0.39 is 11.6 Å². The van der Waals surface area contributed by atoms with Crippen LogP contribution in [0.5, 0.6) is 0 Å². The average molecular weight is 335 g/mol. The Morgan fingerprint density at radius 1 is 1.62 bits per heavy atom. The smallest absolute Gasteiger partial charge is 0.386 e. The summed E-state index contributed by atoms with van der Waals surface area (Å²) in [6, 6.07) is 2.69. The van der Waals surface area contributed by atoms with Gasteiger partial charge in [-0.25, -0.2) is 4.79 Å². The number of carbonyl (C=O) groups excluding carboxylic acids is 2. The van der Waals surface area contributed by atoms with Crippen LogP contribution in [0.1, 0.15) is 27.2 Å². The van der Waals surface area contributed by atoms with Crippen molar-refractivity contribution in [3.63, 3.8) is 0 Å². The molecule has 0 saturated carbocycles. The first-order valence-electron chi connectivity index (χ1n) is 4.96. The number of carbonyl (C=O) groups is 2. The molecule has 88 valence electrons. The van der Waals surface area contributed by atoms with E-state index in [0.717, 1.165) is 4.43 Å². The number of β-lactam (4-membered cyclic amide) rings is 1. The van der Waals surface area contributed by atoms with E-state index >= 15 is 0 Å². The molecule has 0 bridgehead atoms. The zero-order valence-electron chi connectivity index (χ0n) is 9.54. The summed E-state index contributed by atoms with van der Waals surface area (Å²) in [6.45, 7) is 5.32. The number of alkyl halides is 1. The largest absolute Gasteiger partial charge is 0.450 e. The van der Waals surface area contributed by atoms with Crippen molar-refractivity contribution in [2.24, 2.45) is 0 Å². The zero-order valence-corrected chi connectivity index (χ0v) is 11.7. The normalized spacial score (nSPS) is 19.6. The Morgan fingerprint density at radius 2 is 2.25 bits per heavy atom. The highest BCUT2D eigenvalue weighted by atomic mass is 127. The van der Waals surface area contributed by atoms with Crippen LogP contribution < -0.4 is 0 Å². The highest BCUT2D eigenvalue weighted by Gasteiger charge is 2.34. The van der Waals surface area contributed by atoms with E-state index in [1.165, 1.54) is 4.90 Å². The Labute approximate surface area is 109 Å². The third-order valence-corrected chi connectivity index (χ3v) is 2.92. The molecule has 0 radical (unpaired) electrons. The zero-order chi connectivity index (χ0) is 12.3. The number of ether oxygens (including phenoxy) is 1. The average Bonchev–Trinajstić information content (AvgIpc) is 2.10. The monoisotopic (exact) mass is 335 g/mol. The van der Waals surface area contributed by atoms with Crippen molar-refractivity contribution in [2.75, 3.05) is 4.43 Å². The Balaban J connectivity index is 2.54. The van der Waals surface area contributed by atoms with E-state index in [2.05, 4.69) is 34.6 Å². The van der Waals surface area contributed by atoms with Crippen molar-refractivity contribution >= 4 is 34.5 Å². The third-order valence-electron chi connectivity index (χ3n) is 1.90. The summed E-state index contributed by atoms with van der Waals surface area (Å²) in [5.41, 5.74) is -0.548. The molecule has 5 heteroatoms. The molecule has 1 rings (SSSR count). The van der Waals surface area contributed by atoms with Gasteiger partial charge in [-0.2, -0.15) is 0 Å². The summed E-state index contributed by atoms with van der Waals surface area (Å²) in [7, 11) is 0. The second-order valence-electron chi connectivity index (χ2n) is 4.51. The SMILES string of the molecule is CC(C)(C)OC(=O)C#CN1C(=O)CC1CI. The number of hydrogen-bond donors (Lipinski definition) is 0. The number of nitrogens with zero attached hydrogens (tertiary/aromatic N) is 1. The summed E-state index contributed by atoms with van der Waals surface area (Å²) in [5, 5.41) is 0. The molecule has 1 saturated heterocycles. The highest BCUT2D eigenvalue weighted by Crippen LogP contribution is 2.19. The summed E-state index contributed by atoms with van der Waals surface area (Å²) in [4.78, 5) is 23.8. The molecule has 16 heavy (non-hydrogen) atoms. The number of amides is 1. The van der Waals surface area contributed by atoms with Crippen LogP contribution >= 0.6 is 22.6 Å². The minimum atomic E-state index is -0.598. The molecular formula is C11H14INO3. The van der Waals surface area contributed by atoms with Gasteiger partial charge < -0.3 is 4.74 Å². The van der Waals surface area contributed by atoms with Crippen molar-refractivity contribution < 1.29 is 14.3 Å². The van der Waals surface area contributed by atoms with Crippen molar-refractivity contribution in [1.29, 1.82) is 0 Å². The summed E-state index contributed by atoms with van der Waals surface area (Å²) >= 11 is 2.19. The van der Waals surface area contributed by atoms with Gasteiger partial charge in [-0.15, -0.1) is 0 Å². The van der Waals surface area contributed by atoms with Gasteiger partial charge in [0, 0.05) is 16.4 Å². The van der Waals surface area contributed by atoms with Gasteiger partial charge in [0.15, 0.2) is 0 Å². The molecule has 1 amide bonds. The van der Waals surface area contributed by atoms with Crippen LogP contribution in [0, 0.1) is 12.0 Å². The molecule has 1 atom stereocenters. The van der Waals surface area contributed by atoms with E-state index in [9.17, 15) is 9.59 Å². The fourth-order valence-corrected chi connectivity index (χ4v) is 1.87. The van der Waals surface area contributed by atoms with Crippen LogP contribution in [0.4, 0.5) is 0 Å². The number of hydrogen-bond acceptors (Lipinski definition) is 3. The maximum absolute atomic E-state index is 11.3. The lowest BCUT2D eigenvalue weighted by molar-refractivity contribution is -0.147. The Bertz CT molecular complexity index is 362. The van der Waals surface area contributed by atoms with Crippen molar-refractivity contribution in [3.8, 4) is 12.0 Å². The van der Waals surface area contributed by atoms with Crippen LogP contribution in [0.3, 0.4) is 0 Å². The van der Waals surface area contributed by atoms with Gasteiger partial charge >= 0.3 is 5.97 Å². The Kier molecular flexibility index (Phi) is 4.19. The van der Waals surface area contributed by atoms with Crippen LogP contribution in [0.2, 0.25) is 0 Å². The molecule has 0 aromatic heterocycles. The molecule has 0 aliphatic carbocycles. The Hall–Kier alpha value is -0.770. The molecule has 0 aromatic rings. The van der Waals surface area contributed by atoms with Gasteiger partial charge in [-0.3, -0.25) is 9.69 Å². The number of halogens is 1. The molecule has 0 aromatic carbocycles.